The maximum atomic E-state index is 10.5. The van der Waals surface area contributed by atoms with Crippen LogP contribution in [0.5, 0.6) is 5.75 Å². The summed E-state index contributed by atoms with van der Waals surface area (Å²) in [6.07, 6.45) is 0.631. The van der Waals surface area contributed by atoms with Crippen LogP contribution in [0.25, 0.3) is 0 Å². The van der Waals surface area contributed by atoms with Crippen molar-refractivity contribution in [3.63, 3.8) is 0 Å². The number of hydrogen-bond acceptors (Lipinski definition) is 2. The standard InChI is InChI=1S/C8H6Br2O2/c9-3-5-1-7(10)2-6(4-11)8(5)12/h1-2,4,12H,3H2. The van der Waals surface area contributed by atoms with Crippen LogP contribution in [-0.4, -0.2) is 11.4 Å². The first-order chi connectivity index (χ1) is 5.69. The number of halogens is 2. The number of phenols is 1. The second kappa shape index (κ2) is 4.05. The molecule has 4 heteroatoms. The van der Waals surface area contributed by atoms with Crippen LogP contribution in [0.2, 0.25) is 0 Å². The average molecular weight is 294 g/mol. The zero-order chi connectivity index (χ0) is 9.14. The quantitative estimate of drug-likeness (QED) is 0.672. The SMILES string of the molecule is O=Cc1cc(Br)cc(CBr)c1O. The summed E-state index contributed by atoms with van der Waals surface area (Å²) in [4.78, 5) is 10.5. The van der Waals surface area contributed by atoms with Crippen LogP contribution < -0.4 is 0 Å². The van der Waals surface area contributed by atoms with Crippen LogP contribution in [0.15, 0.2) is 16.6 Å². The van der Waals surface area contributed by atoms with Gasteiger partial charge in [-0.3, -0.25) is 4.79 Å². The highest BCUT2D eigenvalue weighted by Crippen LogP contribution is 2.27. The van der Waals surface area contributed by atoms with E-state index >= 15 is 0 Å². The second-order valence-electron chi connectivity index (χ2n) is 2.25. The molecule has 1 aromatic rings. The molecule has 0 fully saturated rings. The van der Waals surface area contributed by atoms with Crippen LogP contribution in [0.1, 0.15) is 15.9 Å². The molecule has 0 heterocycles. The van der Waals surface area contributed by atoms with Crippen molar-refractivity contribution in [1.29, 1.82) is 0 Å². The van der Waals surface area contributed by atoms with Gasteiger partial charge in [-0.1, -0.05) is 31.9 Å². The van der Waals surface area contributed by atoms with Gasteiger partial charge in [-0.15, -0.1) is 0 Å². The van der Waals surface area contributed by atoms with E-state index in [0.717, 1.165) is 4.47 Å². The lowest BCUT2D eigenvalue weighted by Crippen LogP contribution is -1.87. The van der Waals surface area contributed by atoms with E-state index in [2.05, 4.69) is 31.9 Å². The largest absolute Gasteiger partial charge is 0.507 e. The molecule has 0 aliphatic rings. The van der Waals surface area contributed by atoms with Crippen LogP contribution in [0, 0.1) is 0 Å². The highest BCUT2D eigenvalue weighted by atomic mass is 79.9. The van der Waals surface area contributed by atoms with E-state index in [1.54, 1.807) is 12.1 Å². The zero-order valence-electron chi connectivity index (χ0n) is 6.05. The van der Waals surface area contributed by atoms with Crippen LogP contribution in [0.3, 0.4) is 0 Å². The number of aldehydes is 1. The molecule has 64 valence electrons. The molecule has 12 heavy (non-hydrogen) atoms. The Labute approximate surface area is 86.9 Å². The van der Waals surface area contributed by atoms with Gasteiger partial charge in [-0.2, -0.15) is 0 Å². The molecule has 0 aromatic heterocycles. The molecule has 1 N–H and O–H groups in total. The molecule has 0 saturated carbocycles. The minimum atomic E-state index is 0.0464. The van der Waals surface area contributed by atoms with E-state index in [1.165, 1.54) is 0 Å². The Morgan fingerprint density at radius 2 is 2.17 bits per heavy atom. The van der Waals surface area contributed by atoms with Gasteiger partial charge in [0.2, 0.25) is 0 Å². The third-order valence-corrected chi connectivity index (χ3v) is 2.52. The van der Waals surface area contributed by atoms with E-state index in [1.807, 2.05) is 0 Å². The molecule has 0 aliphatic carbocycles. The van der Waals surface area contributed by atoms with Gasteiger partial charge >= 0.3 is 0 Å². The molecule has 0 unspecified atom stereocenters. The van der Waals surface area contributed by atoms with Gasteiger partial charge in [0.1, 0.15) is 5.75 Å². The van der Waals surface area contributed by atoms with Crippen LogP contribution >= 0.6 is 31.9 Å². The van der Waals surface area contributed by atoms with E-state index in [0.29, 0.717) is 22.7 Å². The van der Waals surface area contributed by atoms with Gasteiger partial charge in [0, 0.05) is 15.4 Å². The molecule has 0 amide bonds. The molecule has 1 rings (SSSR count). The molecule has 0 aliphatic heterocycles. The van der Waals surface area contributed by atoms with Crippen LogP contribution in [0.4, 0.5) is 0 Å². The Hall–Kier alpha value is -0.350. The Kier molecular flexibility index (Phi) is 3.29. The lowest BCUT2D eigenvalue weighted by atomic mass is 10.1. The maximum Gasteiger partial charge on any atom is 0.153 e. The van der Waals surface area contributed by atoms with Gasteiger partial charge in [0.25, 0.3) is 0 Å². The van der Waals surface area contributed by atoms with Crippen molar-refractivity contribution in [3.05, 3.63) is 27.7 Å². The fourth-order valence-corrected chi connectivity index (χ4v) is 1.82. The van der Waals surface area contributed by atoms with Crippen molar-refractivity contribution in [3.8, 4) is 5.75 Å². The average Bonchev–Trinajstić information content (AvgIpc) is 2.08. The number of rotatable bonds is 2. The first-order valence-electron chi connectivity index (χ1n) is 3.21. The third kappa shape index (κ3) is 1.87. The number of carbonyl (C=O) groups is 1. The smallest absolute Gasteiger partial charge is 0.153 e. The maximum absolute atomic E-state index is 10.5. The van der Waals surface area contributed by atoms with Crippen molar-refractivity contribution in [2.75, 3.05) is 0 Å². The number of phenolic OH excluding ortho intramolecular Hbond substituents is 1. The molecular formula is C8H6Br2O2. The van der Waals surface area contributed by atoms with Gasteiger partial charge < -0.3 is 5.11 Å². The summed E-state index contributed by atoms with van der Waals surface area (Å²) < 4.78 is 0.789. The fraction of sp³-hybridized carbons (Fsp3) is 0.125. The summed E-state index contributed by atoms with van der Waals surface area (Å²) >= 11 is 6.45. The summed E-state index contributed by atoms with van der Waals surface area (Å²) in [5, 5.41) is 9.96. The van der Waals surface area contributed by atoms with Crippen molar-refractivity contribution in [2.24, 2.45) is 0 Å². The predicted octanol–water partition coefficient (Wildman–Crippen LogP) is 2.86. The summed E-state index contributed by atoms with van der Waals surface area (Å²) in [6, 6.07) is 3.34. The highest BCUT2D eigenvalue weighted by molar-refractivity contribution is 9.10. The molecule has 0 saturated heterocycles. The Morgan fingerprint density at radius 1 is 1.50 bits per heavy atom. The third-order valence-electron chi connectivity index (χ3n) is 1.45. The zero-order valence-corrected chi connectivity index (χ0v) is 9.22. The van der Waals surface area contributed by atoms with Gasteiger partial charge in [0.15, 0.2) is 6.29 Å². The highest BCUT2D eigenvalue weighted by Gasteiger charge is 2.06. The fourth-order valence-electron chi connectivity index (χ4n) is 0.870. The molecular weight excluding hydrogens is 288 g/mol. The number of alkyl halides is 1. The first-order valence-corrected chi connectivity index (χ1v) is 5.13. The number of hydrogen-bond donors (Lipinski definition) is 1. The molecule has 0 radical (unpaired) electrons. The summed E-state index contributed by atoms with van der Waals surface area (Å²) in [5.41, 5.74) is 1.00. The monoisotopic (exact) mass is 292 g/mol. The summed E-state index contributed by atoms with van der Waals surface area (Å²) in [5.74, 6) is 0.0464. The Morgan fingerprint density at radius 3 is 2.67 bits per heavy atom. The van der Waals surface area contributed by atoms with Crippen molar-refractivity contribution in [1.82, 2.24) is 0 Å². The normalized spacial score (nSPS) is 9.83. The molecule has 2 nitrogen and oxygen atoms in total. The van der Waals surface area contributed by atoms with Crippen molar-refractivity contribution in [2.45, 2.75) is 5.33 Å². The lowest BCUT2D eigenvalue weighted by molar-refractivity contribution is 0.112. The molecule has 0 spiro atoms. The van der Waals surface area contributed by atoms with Gasteiger partial charge in [-0.05, 0) is 12.1 Å². The molecule has 0 atom stereocenters. The predicted molar refractivity (Wildman–Crippen MR) is 53.8 cm³/mol. The number of benzene rings is 1. The second-order valence-corrected chi connectivity index (χ2v) is 3.73. The molecule has 0 bridgehead atoms. The Bertz CT molecular complexity index is 310. The Balaban J connectivity index is 3.31. The van der Waals surface area contributed by atoms with E-state index < -0.39 is 0 Å². The van der Waals surface area contributed by atoms with Crippen molar-refractivity contribution < 1.29 is 9.90 Å². The van der Waals surface area contributed by atoms with E-state index in [-0.39, 0.29) is 5.75 Å². The van der Waals surface area contributed by atoms with E-state index in [9.17, 15) is 9.90 Å². The van der Waals surface area contributed by atoms with Crippen LogP contribution in [-0.2, 0) is 5.33 Å². The van der Waals surface area contributed by atoms with E-state index in [4.69, 9.17) is 0 Å². The molecule has 1 aromatic carbocycles. The topological polar surface area (TPSA) is 37.3 Å². The lowest BCUT2D eigenvalue weighted by Gasteiger charge is -2.03. The minimum Gasteiger partial charge on any atom is -0.507 e. The van der Waals surface area contributed by atoms with Gasteiger partial charge in [0.05, 0.1) is 5.56 Å². The van der Waals surface area contributed by atoms with Gasteiger partial charge in [-0.25, -0.2) is 0 Å². The number of carbonyl (C=O) groups excluding carboxylic acids is 1. The van der Waals surface area contributed by atoms with Crippen molar-refractivity contribution >= 4 is 38.1 Å². The summed E-state index contributed by atoms with van der Waals surface area (Å²) in [6.45, 7) is 0. The number of aromatic hydroxyl groups is 1. The first kappa shape index (κ1) is 9.74. The summed E-state index contributed by atoms with van der Waals surface area (Å²) in [7, 11) is 0. The minimum absolute atomic E-state index is 0.0464.